The molecule has 0 spiro atoms. The molecule has 0 saturated heterocycles. The molecule has 0 radical (unpaired) electrons. The van der Waals surface area contributed by atoms with E-state index in [9.17, 15) is 4.39 Å². The maximum absolute atomic E-state index is 13.4. The monoisotopic (exact) mass is 452 g/mol. The first-order chi connectivity index (χ1) is 15.5. The van der Waals surface area contributed by atoms with Crippen LogP contribution >= 0.6 is 11.6 Å². The smallest absolute Gasteiger partial charge is 0.123 e. The number of pyridine rings is 2. The highest BCUT2D eigenvalue weighted by molar-refractivity contribution is 6.33. The molecule has 1 aliphatic carbocycles. The van der Waals surface area contributed by atoms with Gasteiger partial charge < -0.3 is 10.2 Å². The van der Waals surface area contributed by atoms with Crippen LogP contribution in [-0.4, -0.2) is 35.0 Å². The van der Waals surface area contributed by atoms with Gasteiger partial charge in [-0.15, -0.1) is 0 Å². The van der Waals surface area contributed by atoms with Crippen molar-refractivity contribution in [3.05, 3.63) is 77.1 Å². The number of benzene rings is 1. The summed E-state index contributed by atoms with van der Waals surface area (Å²) in [6.45, 7) is 0.522. The fourth-order valence-electron chi connectivity index (χ4n) is 4.51. The zero-order valence-electron chi connectivity index (χ0n) is 18.7. The summed E-state index contributed by atoms with van der Waals surface area (Å²) in [5, 5.41) is 3.94. The molecule has 0 amide bonds. The first-order valence-corrected chi connectivity index (χ1v) is 11.6. The summed E-state index contributed by atoms with van der Waals surface area (Å²) in [6.07, 6.45) is 11.3. The van der Waals surface area contributed by atoms with E-state index in [0.29, 0.717) is 23.5 Å². The van der Waals surface area contributed by atoms with Crippen LogP contribution in [0, 0.1) is 11.7 Å². The van der Waals surface area contributed by atoms with Crippen LogP contribution in [0.5, 0.6) is 0 Å². The molecule has 2 heterocycles. The predicted octanol–water partition coefficient (Wildman–Crippen LogP) is 6.21. The van der Waals surface area contributed by atoms with Crippen molar-refractivity contribution in [3.8, 4) is 11.1 Å². The average Bonchev–Trinajstić information content (AvgIpc) is 2.79. The molecule has 1 saturated carbocycles. The summed E-state index contributed by atoms with van der Waals surface area (Å²) in [4.78, 5) is 11.3. The Hall–Kier alpha value is -2.50. The normalized spacial score (nSPS) is 18.7. The fraction of sp³-hybridized carbons (Fsp3) is 0.385. The lowest BCUT2D eigenvalue weighted by molar-refractivity contribution is 0.193. The molecule has 1 fully saturated rings. The fourth-order valence-corrected chi connectivity index (χ4v) is 4.72. The van der Waals surface area contributed by atoms with Crippen molar-refractivity contribution in [2.24, 2.45) is 5.92 Å². The molecule has 168 valence electrons. The van der Waals surface area contributed by atoms with E-state index in [1.807, 2.05) is 18.3 Å². The lowest BCUT2D eigenvalue weighted by Crippen LogP contribution is -2.32. The number of rotatable bonds is 7. The van der Waals surface area contributed by atoms with Gasteiger partial charge >= 0.3 is 0 Å². The lowest BCUT2D eigenvalue weighted by atomic mass is 9.83. The van der Waals surface area contributed by atoms with Gasteiger partial charge in [-0.3, -0.25) is 9.97 Å². The first kappa shape index (κ1) is 22.7. The Labute approximate surface area is 194 Å². The van der Waals surface area contributed by atoms with Crippen LogP contribution in [0.2, 0.25) is 5.02 Å². The summed E-state index contributed by atoms with van der Waals surface area (Å²) in [5.41, 5.74) is 4.71. The molecule has 1 aromatic carbocycles. The molecule has 6 heteroatoms. The van der Waals surface area contributed by atoms with Crippen molar-refractivity contribution in [1.29, 1.82) is 0 Å². The minimum absolute atomic E-state index is 0.234. The Morgan fingerprint density at radius 3 is 2.62 bits per heavy atom. The Balaban J connectivity index is 1.44. The lowest BCUT2D eigenvalue weighted by Gasteiger charge is -2.32. The molecule has 4 rings (SSSR count). The van der Waals surface area contributed by atoms with Gasteiger partial charge in [0, 0.05) is 48.0 Å². The Morgan fingerprint density at radius 2 is 1.88 bits per heavy atom. The van der Waals surface area contributed by atoms with Crippen molar-refractivity contribution in [3.63, 3.8) is 0 Å². The minimum atomic E-state index is -0.234. The molecule has 0 aliphatic heterocycles. The minimum Gasteiger partial charge on any atom is -0.380 e. The van der Waals surface area contributed by atoms with E-state index < -0.39 is 0 Å². The number of aromatic nitrogens is 2. The molecule has 2 aromatic heterocycles. The van der Waals surface area contributed by atoms with Gasteiger partial charge in [-0.25, -0.2) is 4.39 Å². The molecular formula is C26H30ClFN4. The van der Waals surface area contributed by atoms with E-state index in [-0.39, 0.29) is 5.82 Å². The van der Waals surface area contributed by atoms with Crippen molar-refractivity contribution >= 4 is 17.3 Å². The molecule has 1 aliphatic rings. The summed E-state index contributed by atoms with van der Waals surface area (Å²) >= 11 is 6.51. The van der Waals surface area contributed by atoms with Crippen LogP contribution in [0.3, 0.4) is 0 Å². The van der Waals surface area contributed by atoms with Gasteiger partial charge in [-0.1, -0.05) is 23.7 Å². The van der Waals surface area contributed by atoms with Crippen molar-refractivity contribution in [2.75, 3.05) is 19.4 Å². The summed E-state index contributed by atoms with van der Waals surface area (Å²) in [6, 6.07) is 11.4. The van der Waals surface area contributed by atoms with Gasteiger partial charge in [0.15, 0.2) is 0 Å². The zero-order valence-corrected chi connectivity index (χ0v) is 19.4. The van der Waals surface area contributed by atoms with Gasteiger partial charge in [0.25, 0.3) is 0 Å². The third-order valence-corrected chi connectivity index (χ3v) is 6.69. The second-order valence-corrected chi connectivity index (χ2v) is 9.35. The van der Waals surface area contributed by atoms with Gasteiger partial charge in [0.2, 0.25) is 0 Å². The van der Waals surface area contributed by atoms with E-state index in [2.05, 4.69) is 40.3 Å². The number of hydrogen-bond donors (Lipinski definition) is 1. The van der Waals surface area contributed by atoms with Gasteiger partial charge in [0.1, 0.15) is 5.82 Å². The largest absolute Gasteiger partial charge is 0.380 e. The molecule has 3 aromatic rings. The third kappa shape index (κ3) is 5.84. The maximum atomic E-state index is 13.4. The van der Waals surface area contributed by atoms with E-state index in [1.165, 1.54) is 37.8 Å². The van der Waals surface area contributed by atoms with Crippen molar-refractivity contribution in [1.82, 2.24) is 14.9 Å². The highest BCUT2D eigenvalue weighted by Crippen LogP contribution is 2.32. The van der Waals surface area contributed by atoms with E-state index in [0.717, 1.165) is 34.5 Å². The highest BCUT2D eigenvalue weighted by atomic mass is 35.5. The molecule has 1 N–H and O–H groups in total. The van der Waals surface area contributed by atoms with Gasteiger partial charge in [0.05, 0.1) is 10.7 Å². The quantitative estimate of drug-likeness (QED) is 0.462. The summed E-state index contributed by atoms with van der Waals surface area (Å²) < 4.78 is 13.4. The number of nitrogens with zero attached hydrogens (tertiary/aromatic N) is 3. The second-order valence-electron chi connectivity index (χ2n) is 8.94. The van der Waals surface area contributed by atoms with Crippen LogP contribution in [0.25, 0.3) is 11.1 Å². The maximum Gasteiger partial charge on any atom is 0.123 e. The molecule has 4 nitrogen and oxygen atoms in total. The third-order valence-electron chi connectivity index (χ3n) is 6.39. The second kappa shape index (κ2) is 10.4. The first-order valence-electron chi connectivity index (χ1n) is 11.2. The Kier molecular flexibility index (Phi) is 7.38. The highest BCUT2D eigenvalue weighted by Gasteiger charge is 2.23. The standard InChI is InChI=1S/C26H30ClFN4/c1-32(2)24-8-6-18(7-9-24)11-22-13-25(26(27)17-31-22)20-12-23(16-29-15-20)30-14-19-4-3-5-21(28)10-19/h3-5,10,12-13,15-18,24,30H,6-9,11,14H2,1-2H3. The number of nitrogens with one attached hydrogen (secondary N) is 1. The summed E-state index contributed by atoms with van der Waals surface area (Å²) in [5.74, 6) is 0.438. The van der Waals surface area contributed by atoms with Crippen LogP contribution in [-0.2, 0) is 13.0 Å². The van der Waals surface area contributed by atoms with Gasteiger partial charge in [-0.2, -0.15) is 0 Å². The molecule has 0 unspecified atom stereocenters. The van der Waals surface area contributed by atoms with Gasteiger partial charge in [-0.05, 0) is 81.9 Å². The Morgan fingerprint density at radius 1 is 1.06 bits per heavy atom. The molecule has 32 heavy (non-hydrogen) atoms. The van der Waals surface area contributed by atoms with Crippen LogP contribution in [0.15, 0.2) is 55.0 Å². The van der Waals surface area contributed by atoms with E-state index in [1.54, 1.807) is 18.5 Å². The zero-order chi connectivity index (χ0) is 22.5. The van der Waals surface area contributed by atoms with Crippen molar-refractivity contribution in [2.45, 2.75) is 44.7 Å². The average molecular weight is 453 g/mol. The van der Waals surface area contributed by atoms with Crippen LogP contribution in [0.1, 0.15) is 36.9 Å². The number of hydrogen-bond acceptors (Lipinski definition) is 4. The number of halogens is 2. The summed E-state index contributed by atoms with van der Waals surface area (Å²) in [7, 11) is 4.35. The molecule has 0 bridgehead atoms. The van der Waals surface area contributed by atoms with E-state index >= 15 is 0 Å². The number of anilines is 1. The van der Waals surface area contributed by atoms with E-state index in [4.69, 9.17) is 11.6 Å². The molecular weight excluding hydrogens is 423 g/mol. The van der Waals surface area contributed by atoms with Crippen molar-refractivity contribution < 1.29 is 4.39 Å². The Bertz CT molecular complexity index is 1050. The SMILES string of the molecule is CN(C)C1CCC(Cc2cc(-c3cncc(NCc4cccc(F)c4)c3)c(Cl)cn2)CC1. The van der Waals surface area contributed by atoms with Crippen LogP contribution < -0.4 is 5.32 Å². The molecule has 0 atom stereocenters. The topological polar surface area (TPSA) is 41.1 Å². The predicted molar refractivity (Wildman–Crippen MR) is 129 cm³/mol. The van der Waals surface area contributed by atoms with Crippen LogP contribution in [0.4, 0.5) is 10.1 Å².